The van der Waals surface area contributed by atoms with Crippen molar-refractivity contribution in [1.29, 1.82) is 0 Å². The fourth-order valence-electron chi connectivity index (χ4n) is 2.07. The third kappa shape index (κ3) is 3.51. The Morgan fingerprint density at radius 2 is 2.22 bits per heavy atom. The molecule has 3 rings (SSSR count). The van der Waals surface area contributed by atoms with Gasteiger partial charge in [-0.15, -0.1) is 5.10 Å². The summed E-state index contributed by atoms with van der Waals surface area (Å²) in [6.07, 6.45) is 1.54. The first kappa shape index (κ1) is 15.1. The number of rotatable bonds is 5. The summed E-state index contributed by atoms with van der Waals surface area (Å²) in [5.74, 6) is 0.432. The first-order chi connectivity index (χ1) is 11.1. The van der Waals surface area contributed by atoms with Crippen molar-refractivity contribution in [2.45, 2.75) is 13.1 Å². The van der Waals surface area contributed by atoms with E-state index in [1.54, 1.807) is 24.3 Å². The SMILES string of the molecule is Nc1c(C(=O)NCc2ccco2)nnn1Cc1cccc(Cl)c1. The minimum absolute atomic E-state index is 0.0820. The summed E-state index contributed by atoms with van der Waals surface area (Å²) in [5, 5.41) is 11.1. The van der Waals surface area contributed by atoms with Crippen LogP contribution in [0.5, 0.6) is 0 Å². The van der Waals surface area contributed by atoms with Crippen LogP contribution in [0, 0.1) is 0 Å². The van der Waals surface area contributed by atoms with E-state index in [9.17, 15) is 4.79 Å². The average Bonchev–Trinajstić information content (AvgIpc) is 3.16. The van der Waals surface area contributed by atoms with Crippen LogP contribution in [0.4, 0.5) is 5.82 Å². The highest BCUT2D eigenvalue weighted by Gasteiger charge is 2.17. The molecular formula is C15H14ClN5O2. The summed E-state index contributed by atoms with van der Waals surface area (Å²) >= 11 is 5.95. The molecule has 0 spiro atoms. The van der Waals surface area contributed by atoms with Crippen LogP contribution in [0.3, 0.4) is 0 Å². The molecule has 0 aliphatic rings. The van der Waals surface area contributed by atoms with E-state index in [-0.39, 0.29) is 18.1 Å². The summed E-state index contributed by atoms with van der Waals surface area (Å²) in [7, 11) is 0. The van der Waals surface area contributed by atoms with Crippen molar-refractivity contribution in [2.24, 2.45) is 0 Å². The molecule has 0 fully saturated rings. The molecule has 0 unspecified atom stereocenters. The van der Waals surface area contributed by atoms with Crippen molar-refractivity contribution >= 4 is 23.3 Å². The zero-order chi connectivity index (χ0) is 16.2. The Bertz CT molecular complexity index is 813. The Labute approximate surface area is 137 Å². The number of anilines is 1. The minimum Gasteiger partial charge on any atom is -0.467 e. The van der Waals surface area contributed by atoms with E-state index in [0.717, 1.165) is 5.56 Å². The lowest BCUT2D eigenvalue weighted by Gasteiger charge is -2.05. The molecular weight excluding hydrogens is 318 g/mol. The molecule has 8 heteroatoms. The maximum Gasteiger partial charge on any atom is 0.276 e. The number of hydrogen-bond donors (Lipinski definition) is 2. The summed E-state index contributed by atoms with van der Waals surface area (Å²) in [6, 6.07) is 10.8. The predicted molar refractivity (Wildman–Crippen MR) is 84.9 cm³/mol. The zero-order valence-electron chi connectivity index (χ0n) is 12.1. The molecule has 3 N–H and O–H groups in total. The lowest BCUT2D eigenvalue weighted by molar-refractivity contribution is 0.0944. The Hall–Kier alpha value is -2.80. The molecule has 0 aliphatic carbocycles. The number of furan rings is 1. The number of nitrogens with zero attached hydrogens (tertiary/aromatic N) is 3. The van der Waals surface area contributed by atoms with Crippen LogP contribution in [0.25, 0.3) is 0 Å². The van der Waals surface area contributed by atoms with Crippen molar-refractivity contribution in [3.8, 4) is 0 Å². The van der Waals surface area contributed by atoms with Crippen LogP contribution in [0.2, 0.25) is 5.02 Å². The summed E-state index contributed by atoms with van der Waals surface area (Å²) < 4.78 is 6.60. The Morgan fingerprint density at radius 1 is 1.35 bits per heavy atom. The Balaban J connectivity index is 1.69. The van der Waals surface area contributed by atoms with E-state index >= 15 is 0 Å². The zero-order valence-corrected chi connectivity index (χ0v) is 12.8. The normalized spacial score (nSPS) is 10.7. The molecule has 0 bridgehead atoms. The highest BCUT2D eigenvalue weighted by Crippen LogP contribution is 2.14. The molecule has 0 radical (unpaired) electrons. The molecule has 23 heavy (non-hydrogen) atoms. The quantitative estimate of drug-likeness (QED) is 0.745. The van der Waals surface area contributed by atoms with E-state index in [1.807, 2.05) is 12.1 Å². The van der Waals surface area contributed by atoms with E-state index in [0.29, 0.717) is 17.3 Å². The maximum absolute atomic E-state index is 12.1. The number of nitrogens with two attached hydrogens (primary N) is 1. The Morgan fingerprint density at radius 3 is 2.96 bits per heavy atom. The second-order valence-electron chi connectivity index (χ2n) is 4.87. The van der Waals surface area contributed by atoms with Gasteiger partial charge in [-0.05, 0) is 29.8 Å². The average molecular weight is 332 g/mol. The summed E-state index contributed by atoms with van der Waals surface area (Å²) in [5.41, 5.74) is 6.96. The molecule has 1 aromatic carbocycles. The number of nitrogens with one attached hydrogen (secondary N) is 1. The largest absolute Gasteiger partial charge is 0.467 e. The number of hydrogen-bond acceptors (Lipinski definition) is 5. The third-order valence-corrected chi connectivity index (χ3v) is 3.45. The van der Waals surface area contributed by atoms with E-state index < -0.39 is 5.91 Å². The molecule has 7 nitrogen and oxygen atoms in total. The molecule has 0 aliphatic heterocycles. The van der Waals surface area contributed by atoms with Crippen LogP contribution in [0.15, 0.2) is 47.1 Å². The highest BCUT2D eigenvalue weighted by molar-refractivity contribution is 6.30. The number of aromatic nitrogens is 3. The topological polar surface area (TPSA) is 99.0 Å². The third-order valence-electron chi connectivity index (χ3n) is 3.21. The van der Waals surface area contributed by atoms with Gasteiger partial charge in [-0.1, -0.05) is 28.9 Å². The van der Waals surface area contributed by atoms with Gasteiger partial charge in [-0.3, -0.25) is 4.79 Å². The standard InChI is InChI=1S/C15H14ClN5O2/c16-11-4-1-3-10(7-11)9-21-14(17)13(19-20-21)15(22)18-8-12-5-2-6-23-12/h1-7H,8-9,17H2,(H,18,22). The second kappa shape index (κ2) is 6.53. The summed E-state index contributed by atoms with van der Waals surface area (Å²) in [6.45, 7) is 0.636. The minimum atomic E-state index is -0.406. The van der Waals surface area contributed by atoms with Crippen LogP contribution < -0.4 is 11.1 Å². The van der Waals surface area contributed by atoms with Crippen molar-refractivity contribution < 1.29 is 9.21 Å². The van der Waals surface area contributed by atoms with Gasteiger partial charge >= 0.3 is 0 Å². The van der Waals surface area contributed by atoms with Crippen molar-refractivity contribution in [3.63, 3.8) is 0 Å². The van der Waals surface area contributed by atoms with Gasteiger partial charge < -0.3 is 15.5 Å². The van der Waals surface area contributed by atoms with Crippen LogP contribution in [0.1, 0.15) is 21.8 Å². The molecule has 118 valence electrons. The van der Waals surface area contributed by atoms with Gasteiger partial charge in [0, 0.05) is 5.02 Å². The fourth-order valence-corrected chi connectivity index (χ4v) is 2.28. The van der Waals surface area contributed by atoms with E-state index in [2.05, 4.69) is 15.6 Å². The number of nitrogen functional groups attached to an aromatic ring is 1. The first-order valence-corrected chi connectivity index (χ1v) is 7.25. The maximum atomic E-state index is 12.1. The summed E-state index contributed by atoms with van der Waals surface area (Å²) in [4.78, 5) is 12.1. The number of halogens is 1. The van der Waals surface area contributed by atoms with Crippen LogP contribution in [-0.4, -0.2) is 20.9 Å². The van der Waals surface area contributed by atoms with Gasteiger partial charge in [0.1, 0.15) is 5.76 Å². The number of benzene rings is 1. The molecule has 0 atom stereocenters. The van der Waals surface area contributed by atoms with Crippen LogP contribution in [-0.2, 0) is 13.1 Å². The van der Waals surface area contributed by atoms with Crippen molar-refractivity contribution in [3.05, 3.63) is 64.7 Å². The van der Waals surface area contributed by atoms with E-state index in [4.69, 9.17) is 21.8 Å². The van der Waals surface area contributed by atoms with Crippen molar-refractivity contribution in [1.82, 2.24) is 20.3 Å². The lowest BCUT2D eigenvalue weighted by Crippen LogP contribution is -2.24. The van der Waals surface area contributed by atoms with Gasteiger partial charge in [0.15, 0.2) is 11.5 Å². The molecule has 2 aromatic heterocycles. The molecule has 0 saturated heterocycles. The number of carbonyl (C=O) groups is 1. The van der Waals surface area contributed by atoms with Gasteiger partial charge in [0.2, 0.25) is 0 Å². The monoisotopic (exact) mass is 331 g/mol. The van der Waals surface area contributed by atoms with Crippen molar-refractivity contribution in [2.75, 3.05) is 5.73 Å². The van der Waals surface area contributed by atoms with Gasteiger partial charge in [-0.25, -0.2) is 4.68 Å². The van der Waals surface area contributed by atoms with Gasteiger partial charge in [0.25, 0.3) is 5.91 Å². The lowest BCUT2D eigenvalue weighted by atomic mass is 10.2. The van der Waals surface area contributed by atoms with E-state index in [1.165, 1.54) is 10.9 Å². The van der Waals surface area contributed by atoms with Crippen LogP contribution >= 0.6 is 11.6 Å². The fraction of sp³-hybridized carbons (Fsp3) is 0.133. The molecule has 1 amide bonds. The number of carbonyl (C=O) groups excluding carboxylic acids is 1. The van der Waals surface area contributed by atoms with Gasteiger partial charge in [-0.2, -0.15) is 0 Å². The first-order valence-electron chi connectivity index (χ1n) is 6.87. The second-order valence-corrected chi connectivity index (χ2v) is 5.31. The smallest absolute Gasteiger partial charge is 0.276 e. The van der Waals surface area contributed by atoms with Gasteiger partial charge in [0.05, 0.1) is 19.4 Å². The molecule has 0 saturated carbocycles. The Kier molecular flexibility index (Phi) is 4.29. The highest BCUT2D eigenvalue weighted by atomic mass is 35.5. The molecule has 2 heterocycles. The predicted octanol–water partition coefficient (Wildman–Crippen LogP) is 2.08. The number of amides is 1. The molecule has 3 aromatic rings.